The minimum atomic E-state index is -0.240. The Morgan fingerprint density at radius 1 is 1.04 bits per heavy atom. The van der Waals surface area contributed by atoms with Crippen molar-refractivity contribution < 1.29 is 19.1 Å². The molecule has 1 N–H and O–H groups in total. The van der Waals surface area contributed by atoms with Gasteiger partial charge >= 0.3 is 0 Å². The molecule has 148 valence electrons. The number of methoxy groups -OCH3 is 2. The number of anilines is 1. The highest BCUT2D eigenvalue weighted by atomic mass is 16.5. The molecule has 6 nitrogen and oxygen atoms in total. The molecule has 2 amide bonds. The van der Waals surface area contributed by atoms with Crippen molar-refractivity contribution in [1.29, 1.82) is 0 Å². The summed E-state index contributed by atoms with van der Waals surface area (Å²) in [4.78, 5) is 27.3. The molecule has 2 aromatic rings. The molecule has 0 radical (unpaired) electrons. The van der Waals surface area contributed by atoms with E-state index in [4.69, 9.17) is 9.47 Å². The maximum Gasteiger partial charge on any atom is 0.253 e. The van der Waals surface area contributed by atoms with E-state index in [1.807, 2.05) is 31.2 Å². The van der Waals surface area contributed by atoms with E-state index in [1.165, 1.54) is 0 Å². The van der Waals surface area contributed by atoms with Gasteiger partial charge in [-0.3, -0.25) is 9.59 Å². The van der Waals surface area contributed by atoms with Crippen LogP contribution in [0, 0.1) is 12.8 Å². The number of hydrogen-bond donors (Lipinski definition) is 1. The number of ether oxygens (including phenoxy) is 2. The molecular weight excluding hydrogens is 356 g/mol. The van der Waals surface area contributed by atoms with Crippen molar-refractivity contribution in [1.82, 2.24) is 4.90 Å². The zero-order valence-corrected chi connectivity index (χ0v) is 16.5. The number of likely N-dealkylation sites (tertiary alicyclic amines) is 1. The first-order valence-corrected chi connectivity index (χ1v) is 9.40. The van der Waals surface area contributed by atoms with Crippen LogP contribution in [0.1, 0.15) is 28.8 Å². The molecule has 0 aromatic heterocycles. The largest absolute Gasteiger partial charge is 0.493 e. The van der Waals surface area contributed by atoms with Gasteiger partial charge in [-0.25, -0.2) is 0 Å². The van der Waals surface area contributed by atoms with Crippen LogP contribution in [0.15, 0.2) is 42.5 Å². The van der Waals surface area contributed by atoms with Crippen LogP contribution in [0.4, 0.5) is 5.69 Å². The average molecular weight is 382 g/mol. The highest BCUT2D eigenvalue weighted by Gasteiger charge is 2.29. The third-order valence-corrected chi connectivity index (χ3v) is 5.03. The lowest BCUT2D eigenvalue weighted by molar-refractivity contribution is -0.121. The predicted octanol–water partition coefficient (Wildman–Crippen LogP) is 3.50. The fraction of sp³-hybridized carbons (Fsp3) is 0.364. The number of nitrogens with one attached hydrogen (secondary N) is 1. The number of aryl methyl sites for hydroxylation is 1. The van der Waals surface area contributed by atoms with E-state index in [1.54, 1.807) is 37.3 Å². The van der Waals surface area contributed by atoms with Crippen molar-refractivity contribution in [3.63, 3.8) is 0 Å². The van der Waals surface area contributed by atoms with Gasteiger partial charge in [-0.15, -0.1) is 0 Å². The smallest absolute Gasteiger partial charge is 0.253 e. The normalized spacial score (nSPS) is 16.4. The molecule has 1 atom stereocenters. The van der Waals surface area contributed by atoms with Gasteiger partial charge in [0.25, 0.3) is 5.91 Å². The first kappa shape index (κ1) is 19.7. The molecule has 1 unspecified atom stereocenters. The molecule has 1 fully saturated rings. The molecule has 1 heterocycles. The maximum absolute atomic E-state index is 12.8. The summed E-state index contributed by atoms with van der Waals surface area (Å²) in [6.45, 7) is 3.09. The first-order chi connectivity index (χ1) is 13.5. The van der Waals surface area contributed by atoms with Crippen molar-refractivity contribution in [3.05, 3.63) is 53.6 Å². The Balaban J connectivity index is 1.66. The fourth-order valence-electron chi connectivity index (χ4n) is 3.41. The Morgan fingerprint density at radius 3 is 2.43 bits per heavy atom. The molecular formula is C22H26N2O4. The van der Waals surface area contributed by atoms with E-state index in [0.29, 0.717) is 35.8 Å². The summed E-state index contributed by atoms with van der Waals surface area (Å²) >= 11 is 0. The number of piperidine rings is 1. The van der Waals surface area contributed by atoms with E-state index >= 15 is 0 Å². The molecule has 0 spiro atoms. The second-order valence-electron chi connectivity index (χ2n) is 7.02. The van der Waals surface area contributed by atoms with Gasteiger partial charge in [0.15, 0.2) is 11.5 Å². The van der Waals surface area contributed by atoms with Crippen LogP contribution in [0.25, 0.3) is 0 Å². The topological polar surface area (TPSA) is 67.9 Å². The van der Waals surface area contributed by atoms with Gasteiger partial charge in [-0.05, 0) is 44.0 Å². The predicted molar refractivity (Wildman–Crippen MR) is 108 cm³/mol. The van der Waals surface area contributed by atoms with Gasteiger partial charge < -0.3 is 19.7 Å². The summed E-state index contributed by atoms with van der Waals surface area (Å²) < 4.78 is 10.5. The van der Waals surface area contributed by atoms with Crippen molar-refractivity contribution >= 4 is 17.5 Å². The Hall–Kier alpha value is -3.02. The van der Waals surface area contributed by atoms with Gasteiger partial charge in [0.1, 0.15) is 0 Å². The van der Waals surface area contributed by atoms with E-state index in [9.17, 15) is 9.59 Å². The number of amides is 2. The summed E-state index contributed by atoms with van der Waals surface area (Å²) in [7, 11) is 3.12. The van der Waals surface area contributed by atoms with Crippen molar-refractivity contribution in [2.24, 2.45) is 5.92 Å². The molecule has 6 heteroatoms. The third-order valence-electron chi connectivity index (χ3n) is 5.03. The lowest BCUT2D eigenvalue weighted by atomic mass is 9.96. The van der Waals surface area contributed by atoms with E-state index in [0.717, 1.165) is 18.4 Å². The quantitative estimate of drug-likeness (QED) is 0.859. The van der Waals surface area contributed by atoms with E-state index in [2.05, 4.69) is 5.32 Å². The SMILES string of the molecule is COc1ccc(NC(=O)C2CCCN(C(=O)c3ccc(C)cc3)C2)cc1OC. The minimum Gasteiger partial charge on any atom is -0.493 e. The highest BCUT2D eigenvalue weighted by Crippen LogP contribution is 2.30. The lowest BCUT2D eigenvalue weighted by Gasteiger charge is -2.32. The van der Waals surface area contributed by atoms with E-state index in [-0.39, 0.29) is 17.7 Å². The molecule has 1 saturated heterocycles. The molecule has 1 aliphatic heterocycles. The number of carbonyl (C=O) groups is 2. The van der Waals surface area contributed by atoms with Crippen LogP contribution in [-0.4, -0.2) is 44.0 Å². The van der Waals surface area contributed by atoms with Gasteiger partial charge in [0.05, 0.1) is 20.1 Å². The molecule has 28 heavy (non-hydrogen) atoms. The maximum atomic E-state index is 12.8. The third kappa shape index (κ3) is 4.44. The number of rotatable bonds is 5. The second kappa shape index (κ2) is 8.78. The van der Waals surface area contributed by atoms with Crippen LogP contribution in [-0.2, 0) is 4.79 Å². The minimum absolute atomic E-state index is 0.0244. The highest BCUT2D eigenvalue weighted by molar-refractivity contribution is 5.96. The second-order valence-corrected chi connectivity index (χ2v) is 7.02. The number of benzene rings is 2. The summed E-state index contributed by atoms with van der Waals surface area (Å²) in [5.74, 6) is 0.807. The number of nitrogens with zero attached hydrogens (tertiary/aromatic N) is 1. The Labute approximate surface area is 165 Å². The lowest BCUT2D eigenvalue weighted by Crippen LogP contribution is -2.43. The average Bonchev–Trinajstić information content (AvgIpc) is 2.73. The van der Waals surface area contributed by atoms with Crippen molar-refractivity contribution in [2.45, 2.75) is 19.8 Å². The molecule has 0 bridgehead atoms. The van der Waals surface area contributed by atoms with Crippen LogP contribution in [0.5, 0.6) is 11.5 Å². The standard InChI is InChI=1S/C22H26N2O4/c1-15-6-8-16(9-7-15)22(26)24-12-4-5-17(14-24)21(25)23-18-10-11-19(27-2)20(13-18)28-3/h6-11,13,17H,4-5,12,14H2,1-3H3,(H,23,25). The van der Waals surface area contributed by atoms with Crippen LogP contribution in [0.2, 0.25) is 0 Å². The Bertz CT molecular complexity index is 848. The zero-order chi connectivity index (χ0) is 20.1. The van der Waals surface area contributed by atoms with E-state index < -0.39 is 0 Å². The van der Waals surface area contributed by atoms with Gasteiger partial charge in [0.2, 0.25) is 5.91 Å². The zero-order valence-electron chi connectivity index (χ0n) is 16.5. The summed E-state index contributed by atoms with van der Waals surface area (Å²) in [5, 5.41) is 2.93. The first-order valence-electron chi connectivity index (χ1n) is 9.40. The van der Waals surface area contributed by atoms with Crippen molar-refractivity contribution in [2.75, 3.05) is 32.6 Å². The van der Waals surface area contributed by atoms with Crippen LogP contribution >= 0.6 is 0 Å². The Kier molecular flexibility index (Phi) is 6.19. The molecule has 0 aliphatic carbocycles. The van der Waals surface area contributed by atoms with Crippen LogP contribution in [0.3, 0.4) is 0 Å². The van der Waals surface area contributed by atoms with Gasteiger partial charge in [0, 0.05) is 30.4 Å². The fourth-order valence-corrected chi connectivity index (χ4v) is 3.41. The Morgan fingerprint density at radius 2 is 1.75 bits per heavy atom. The summed E-state index contributed by atoms with van der Waals surface area (Å²) in [5.41, 5.74) is 2.42. The summed E-state index contributed by atoms with van der Waals surface area (Å²) in [6, 6.07) is 12.8. The molecule has 0 saturated carbocycles. The van der Waals surface area contributed by atoms with Crippen LogP contribution < -0.4 is 14.8 Å². The number of hydrogen-bond acceptors (Lipinski definition) is 4. The van der Waals surface area contributed by atoms with Crippen molar-refractivity contribution in [3.8, 4) is 11.5 Å². The van der Waals surface area contributed by atoms with Gasteiger partial charge in [-0.1, -0.05) is 17.7 Å². The number of carbonyl (C=O) groups excluding carboxylic acids is 2. The van der Waals surface area contributed by atoms with Gasteiger partial charge in [-0.2, -0.15) is 0 Å². The molecule has 2 aromatic carbocycles. The monoisotopic (exact) mass is 382 g/mol. The molecule has 1 aliphatic rings. The molecule has 3 rings (SSSR count). The summed E-state index contributed by atoms with van der Waals surface area (Å²) in [6.07, 6.45) is 1.57.